The standard InChI is InChI=1S/C44H49N9O15P2/c1-3-51-13-5-7-23-15-28-32(18-30(23)51)65-33-19-31-24(8-6-14-52(31)4-2)16-29(33)35(28)27-17-25(9-10-26(27)43(56)57)41(55)46-11-12-47-44(58)67-38-34(20-64-70(62,63)68-69(59,60)61)66-42(37(38)54)53-22-50-36-39(45)48-21-49-40(36)53/h9-10,15-19,21-22,34,37-38,42,54H,3-8,11-14,20H2,1-2H3,(H7-,45,46,47,48,49,55,56,57,58,59,60,61,62,63)/p+1/t34-,37-,38-,42-/m1/s1. The Hall–Kier alpha value is -6.33. The Morgan fingerprint density at radius 2 is 1.74 bits per heavy atom. The van der Waals surface area contributed by atoms with Crippen LogP contribution in [0.25, 0.3) is 16.7 Å². The first kappa shape index (κ1) is 48.7. The highest BCUT2D eigenvalue weighted by molar-refractivity contribution is 7.60. The summed E-state index contributed by atoms with van der Waals surface area (Å²) in [6.07, 6.45) is -1.59. The predicted molar refractivity (Wildman–Crippen MR) is 248 cm³/mol. The minimum Gasteiger partial charge on any atom is -0.478 e. The van der Waals surface area contributed by atoms with Gasteiger partial charge in [0, 0.05) is 71.8 Å². The number of rotatable bonds is 15. The van der Waals surface area contributed by atoms with Gasteiger partial charge in [0.05, 0.1) is 24.6 Å². The largest absolute Gasteiger partial charge is 0.481 e. The maximum atomic E-state index is 13.8. The molecule has 9 N–H and O–H groups in total. The highest BCUT2D eigenvalue weighted by Gasteiger charge is 2.49. The molecule has 0 spiro atoms. The van der Waals surface area contributed by atoms with Gasteiger partial charge in [0.25, 0.3) is 5.91 Å². The molecular formula is C44H50N9O15P2+. The fourth-order valence-electron chi connectivity index (χ4n) is 9.45. The minimum atomic E-state index is -5.50. The van der Waals surface area contributed by atoms with Gasteiger partial charge >= 0.3 is 27.7 Å². The SMILES string of the molecule is CCN1CCCc2cc3c(cc21)Oc1cc2c(cc1=C3c1cc(C(=O)NCCNC(=O)O[C@H]3[C@@H](O)[C@H](n4cnc5c(N)ncnc54)O[C@@H]3COP(=O)(O)OP(=O)(O)O)ccc1C(=O)O)CCC[N+]=2CC. The fraction of sp³-hybridized carbons (Fsp3) is 0.386. The number of phosphoric ester groups is 1. The second-order valence-electron chi connectivity index (χ2n) is 16.9. The molecular weight excluding hydrogens is 956 g/mol. The van der Waals surface area contributed by atoms with Crippen molar-refractivity contribution in [2.45, 2.75) is 64.1 Å². The normalized spacial score (nSPS) is 20.4. The van der Waals surface area contributed by atoms with Crippen LogP contribution < -0.4 is 41.2 Å². The van der Waals surface area contributed by atoms with Crippen LogP contribution in [-0.2, 0) is 40.3 Å². The molecule has 1 unspecified atom stereocenters. The smallest absolute Gasteiger partial charge is 0.478 e. The number of nitrogens with zero attached hydrogens (tertiary/aromatic N) is 6. The fourth-order valence-corrected chi connectivity index (χ4v) is 11.0. The first-order chi connectivity index (χ1) is 33.4. The van der Waals surface area contributed by atoms with Crippen molar-refractivity contribution in [3.63, 3.8) is 0 Å². The number of benzene rings is 3. The molecule has 5 atom stereocenters. The van der Waals surface area contributed by atoms with Gasteiger partial charge in [-0.2, -0.15) is 4.31 Å². The number of carbonyl (C=O) groups excluding carboxylic acids is 2. The van der Waals surface area contributed by atoms with Crippen LogP contribution in [0.3, 0.4) is 0 Å². The van der Waals surface area contributed by atoms with Gasteiger partial charge in [-0.25, -0.2) is 38.2 Å². The van der Waals surface area contributed by atoms with Crippen molar-refractivity contribution in [1.29, 1.82) is 0 Å². The summed E-state index contributed by atoms with van der Waals surface area (Å²) in [4.78, 5) is 82.4. The summed E-state index contributed by atoms with van der Waals surface area (Å²) in [7, 11) is -10.9. The van der Waals surface area contributed by atoms with E-state index in [-0.39, 0.29) is 41.2 Å². The van der Waals surface area contributed by atoms with E-state index in [0.29, 0.717) is 33.4 Å². The van der Waals surface area contributed by atoms with Crippen LogP contribution in [0, 0.1) is 0 Å². The van der Waals surface area contributed by atoms with E-state index in [4.69, 9.17) is 34.3 Å². The number of carboxylic acids is 1. The molecule has 1 fully saturated rings. The molecule has 4 aliphatic heterocycles. The zero-order valence-corrected chi connectivity index (χ0v) is 39.5. The number of aromatic carboxylic acids is 1. The van der Waals surface area contributed by atoms with Crippen LogP contribution in [0.1, 0.15) is 75.9 Å². The highest BCUT2D eigenvalue weighted by Crippen LogP contribution is 2.58. The van der Waals surface area contributed by atoms with Gasteiger partial charge in [0.15, 0.2) is 23.8 Å². The molecule has 70 heavy (non-hydrogen) atoms. The molecule has 0 saturated carbocycles. The number of phosphoric acid groups is 2. The average molecular weight is 1010 g/mol. The summed E-state index contributed by atoms with van der Waals surface area (Å²) in [5.41, 5.74) is 11.2. The minimum absolute atomic E-state index is 0.00181. The zero-order chi connectivity index (χ0) is 49.6. The van der Waals surface area contributed by atoms with Crippen LogP contribution in [0.5, 0.6) is 11.5 Å². The zero-order valence-electron chi connectivity index (χ0n) is 37.8. The van der Waals surface area contributed by atoms with Gasteiger partial charge in [-0.3, -0.25) is 13.9 Å². The molecule has 24 nitrogen and oxygen atoms in total. The number of nitrogen functional groups attached to an aromatic ring is 1. The van der Waals surface area contributed by atoms with Crippen molar-refractivity contribution >= 4 is 61.9 Å². The molecule has 9 rings (SSSR count). The lowest BCUT2D eigenvalue weighted by atomic mass is 9.85. The molecule has 0 bridgehead atoms. The van der Waals surface area contributed by atoms with Crippen LogP contribution in [0.4, 0.5) is 16.3 Å². The quantitative estimate of drug-likeness (QED) is 0.0412. The van der Waals surface area contributed by atoms with Crippen LogP contribution >= 0.6 is 15.6 Å². The number of nitrogens with one attached hydrogen (secondary N) is 2. The second-order valence-corrected chi connectivity index (χ2v) is 19.7. The second kappa shape index (κ2) is 19.5. The number of anilines is 2. The van der Waals surface area contributed by atoms with Crippen LogP contribution in [0.15, 0.2) is 55.1 Å². The highest BCUT2D eigenvalue weighted by atomic mass is 31.3. The molecule has 2 aromatic heterocycles. The molecule has 26 heteroatoms. The summed E-state index contributed by atoms with van der Waals surface area (Å²) < 4.78 is 53.7. The summed E-state index contributed by atoms with van der Waals surface area (Å²) in [6, 6.07) is 12.6. The lowest BCUT2D eigenvalue weighted by molar-refractivity contribution is -0.0508. The van der Waals surface area contributed by atoms with E-state index in [2.05, 4.69) is 65.4 Å². The number of hydrogen-bond donors (Lipinski definition) is 8. The number of aryl methyl sites for hydroxylation is 2. The average Bonchev–Trinajstić information content (AvgIpc) is 3.89. The molecule has 0 aliphatic carbocycles. The molecule has 1 saturated heterocycles. The number of amides is 2. The van der Waals surface area contributed by atoms with Crippen LogP contribution in [-0.4, -0.2) is 127 Å². The Bertz CT molecular complexity index is 3160. The van der Waals surface area contributed by atoms with Crippen molar-refractivity contribution in [2.24, 2.45) is 0 Å². The van der Waals surface area contributed by atoms with E-state index in [1.165, 1.54) is 23.0 Å². The summed E-state index contributed by atoms with van der Waals surface area (Å²) in [5.74, 6) is -0.619. The van der Waals surface area contributed by atoms with E-state index in [0.717, 1.165) is 80.4 Å². The number of carbonyl (C=O) groups is 3. The van der Waals surface area contributed by atoms with Crippen LogP contribution in [0.2, 0.25) is 0 Å². The predicted octanol–water partition coefficient (Wildman–Crippen LogP) is 1.70. The number of alkyl carbamates (subject to hydrolysis) is 1. The third-order valence-electron chi connectivity index (χ3n) is 12.6. The first-order valence-corrected chi connectivity index (χ1v) is 25.5. The van der Waals surface area contributed by atoms with Crippen molar-refractivity contribution in [3.8, 4) is 11.5 Å². The number of aliphatic hydroxyl groups is 1. The Balaban J connectivity index is 0.948. The Morgan fingerprint density at radius 1 is 0.957 bits per heavy atom. The molecule has 370 valence electrons. The monoisotopic (exact) mass is 1010 g/mol. The molecule has 3 aromatic carbocycles. The lowest BCUT2D eigenvalue weighted by Crippen LogP contribution is -2.42. The Labute approximate surface area is 398 Å². The lowest BCUT2D eigenvalue weighted by Gasteiger charge is -2.32. The maximum absolute atomic E-state index is 13.8. The van der Waals surface area contributed by atoms with Crippen molar-refractivity contribution < 1.29 is 71.5 Å². The van der Waals surface area contributed by atoms with E-state index < -0.39 is 64.8 Å². The number of ether oxygens (including phenoxy) is 3. The van der Waals surface area contributed by atoms with Gasteiger partial charge in [0.2, 0.25) is 5.36 Å². The Morgan fingerprint density at radius 3 is 2.50 bits per heavy atom. The number of imidazole rings is 1. The Kier molecular flexibility index (Phi) is 13.5. The molecule has 5 aromatic rings. The van der Waals surface area contributed by atoms with Gasteiger partial charge < -0.3 is 60.4 Å². The van der Waals surface area contributed by atoms with Gasteiger partial charge in [-0.15, -0.1) is 0 Å². The number of aliphatic hydroxyl groups excluding tert-OH is 1. The number of hydrogen-bond acceptors (Lipinski definition) is 16. The summed E-state index contributed by atoms with van der Waals surface area (Å²) >= 11 is 0. The number of aromatic nitrogens is 4. The molecule has 2 amide bonds. The van der Waals surface area contributed by atoms with Gasteiger partial charge in [0.1, 0.15) is 48.6 Å². The van der Waals surface area contributed by atoms with E-state index in [1.807, 2.05) is 12.1 Å². The number of nitrogens with two attached hydrogens (primary N) is 1. The topological polar surface area (TPSA) is 333 Å². The third kappa shape index (κ3) is 9.74. The molecule has 4 aliphatic rings. The molecule has 0 radical (unpaired) electrons. The number of carboxylic acid groups (broad SMARTS) is 1. The van der Waals surface area contributed by atoms with E-state index in [9.17, 15) is 38.6 Å². The van der Waals surface area contributed by atoms with Crippen molar-refractivity contribution in [2.75, 3.05) is 56.5 Å². The van der Waals surface area contributed by atoms with E-state index in [1.54, 1.807) is 6.07 Å². The van der Waals surface area contributed by atoms with Gasteiger partial charge in [-0.1, -0.05) is 0 Å². The molecule has 6 heterocycles. The van der Waals surface area contributed by atoms with E-state index >= 15 is 0 Å². The third-order valence-corrected chi connectivity index (χ3v) is 14.8. The summed E-state index contributed by atoms with van der Waals surface area (Å²) in [6.45, 7) is 6.25. The van der Waals surface area contributed by atoms with Gasteiger partial charge in [-0.05, 0) is 74.6 Å². The van der Waals surface area contributed by atoms with Crippen molar-refractivity contribution in [1.82, 2.24) is 34.7 Å². The maximum Gasteiger partial charge on any atom is 0.481 e. The summed E-state index contributed by atoms with van der Waals surface area (Å²) in [5, 5.41) is 28.9. The first-order valence-electron chi connectivity index (χ1n) is 22.4. The van der Waals surface area contributed by atoms with Crippen molar-refractivity contribution in [3.05, 3.63) is 99.1 Å². The number of fused-ring (bicyclic) bond motifs is 5.